The van der Waals surface area contributed by atoms with E-state index in [-0.39, 0.29) is 30.0 Å². The third-order valence-corrected chi connectivity index (χ3v) is 3.33. The molecule has 1 N–H and O–H groups in total. The molecule has 0 atom stereocenters. The number of rotatable bonds is 4. The van der Waals surface area contributed by atoms with Crippen LogP contribution in [0.2, 0.25) is 0 Å². The summed E-state index contributed by atoms with van der Waals surface area (Å²) in [5, 5.41) is 2.46. The summed E-state index contributed by atoms with van der Waals surface area (Å²) in [6, 6.07) is 5.21. The zero-order valence-electron chi connectivity index (χ0n) is 9.47. The van der Waals surface area contributed by atoms with E-state index in [4.69, 9.17) is 0 Å². The normalized spacial score (nSPS) is 11.4. The molecule has 100 valence electrons. The molecule has 0 aromatic heterocycles. The molecule has 0 aliphatic rings. The lowest BCUT2D eigenvalue weighted by Crippen LogP contribution is -2.27. The molecule has 0 unspecified atom stereocenters. The van der Waals surface area contributed by atoms with Crippen molar-refractivity contribution < 1.29 is 18.0 Å². The largest absolute Gasteiger partial charge is 0.441 e. The van der Waals surface area contributed by atoms with Crippen LogP contribution in [0.4, 0.5) is 13.2 Å². The van der Waals surface area contributed by atoms with E-state index in [2.05, 4.69) is 21.2 Å². The first-order valence-corrected chi connectivity index (χ1v) is 6.82. The number of amides is 1. The second kappa shape index (κ2) is 6.47. The van der Waals surface area contributed by atoms with Crippen LogP contribution in [0.1, 0.15) is 15.9 Å². The monoisotopic (exact) mass is 341 g/mol. The fourth-order valence-electron chi connectivity index (χ4n) is 1.27. The van der Waals surface area contributed by atoms with Gasteiger partial charge in [0.2, 0.25) is 0 Å². The van der Waals surface area contributed by atoms with Gasteiger partial charge in [0, 0.05) is 22.3 Å². The SMILES string of the molecule is Cc1ccc(Br)cc1C(=O)NCCSC(F)(F)F. The summed E-state index contributed by atoms with van der Waals surface area (Å²) in [6.07, 6.45) is 0. The van der Waals surface area contributed by atoms with E-state index in [0.29, 0.717) is 5.56 Å². The summed E-state index contributed by atoms with van der Waals surface area (Å²) in [5.41, 5.74) is -3.02. The van der Waals surface area contributed by atoms with Crippen molar-refractivity contribution in [1.29, 1.82) is 0 Å². The van der Waals surface area contributed by atoms with E-state index in [9.17, 15) is 18.0 Å². The maximum absolute atomic E-state index is 11.9. The minimum absolute atomic E-state index is 0.0189. The molecular weight excluding hydrogens is 331 g/mol. The molecule has 2 nitrogen and oxygen atoms in total. The van der Waals surface area contributed by atoms with Crippen LogP contribution in [0.25, 0.3) is 0 Å². The van der Waals surface area contributed by atoms with Crippen molar-refractivity contribution >= 4 is 33.6 Å². The van der Waals surface area contributed by atoms with Crippen LogP contribution in [0.15, 0.2) is 22.7 Å². The van der Waals surface area contributed by atoms with Crippen LogP contribution >= 0.6 is 27.7 Å². The van der Waals surface area contributed by atoms with Crippen LogP contribution in [-0.2, 0) is 0 Å². The summed E-state index contributed by atoms with van der Waals surface area (Å²) in [7, 11) is 0. The van der Waals surface area contributed by atoms with Crippen molar-refractivity contribution in [3.8, 4) is 0 Å². The molecule has 1 rings (SSSR count). The number of thioether (sulfide) groups is 1. The van der Waals surface area contributed by atoms with Gasteiger partial charge in [0.15, 0.2) is 0 Å². The smallest absolute Gasteiger partial charge is 0.351 e. The number of carbonyl (C=O) groups excluding carboxylic acids is 1. The van der Waals surface area contributed by atoms with Gasteiger partial charge in [0.25, 0.3) is 5.91 Å². The molecule has 18 heavy (non-hydrogen) atoms. The number of alkyl halides is 3. The highest BCUT2D eigenvalue weighted by atomic mass is 79.9. The molecule has 0 aliphatic carbocycles. The average Bonchev–Trinajstić information content (AvgIpc) is 2.26. The quantitative estimate of drug-likeness (QED) is 0.845. The van der Waals surface area contributed by atoms with Crippen LogP contribution < -0.4 is 5.32 Å². The molecule has 0 fully saturated rings. The molecular formula is C11H11BrF3NOS. The van der Waals surface area contributed by atoms with Gasteiger partial charge in [-0.25, -0.2) is 0 Å². The number of carbonyl (C=O) groups is 1. The molecule has 0 saturated carbocycles. The first kappa shape index (κ1) is 15.4. The second-order valence-electron chi connectivity index (χ2n) is 3.51. The molecule has 0 spiro atoms. The molecule has 7 heteroatoms. The number of benzene rings is 1. The van der Waals surface area contributed by atoms with Crippen molar-refractivity contribution in [3.05, 3.63) is 33.8 Å². The zero-order valence-corrected chi connectivity index (χ0v) is 11.9. The Morgan fingerprint density at radius 3 is 2.72 bits per heavy atom. The number of hydrogen-bond acceptors (Lipinski definition) is 2. The fourth-order valence-corrected chi connectivity index (χ4v) is 2.06. The van der Waals surface area contributed by atoms with E-state index >= 15 is 0 Å². The van der Waals surface area contributed by atoms with Crippen molar-refractivity contribution in [2.45, 2.75) is 12.4 Å². The Morgan fingerprint density at radius 2 is 2.11 bits per heavy atom. The Kier molecular flexibility index (Phi) is 5.52. The van der Waals surface area contributed by atoms with Crippen molar-refractivity contribution in [1.82, 2.24) is 5.32 Å². The Bertz CT molecular complexity index is 437. The highest BCUT2D eigenvalue weighted by molar-refractivity contribution is 9.10. The lowest BCUT2D eigenvalue weighted by molar-refractivity contribution is -0.0327. The Hall–Kier alpha value is -0.690. The van der Waals surface area contributed by atoms with E-state index in [1.165, 1.54) is 0 Å². The van der Waals surface area contributed by atoms with Gasteiger partial charge in [-0.3, -0.25) is 4.79 Å². The minimum atomic E-state index is -4.25. The number of hydrogen-bond donors (Lipinski definition) is 1. The Morgan fingerprint density at radius 1 is 1.44 bits per heavy atom. The minimum Gasteiger partial charge on any atom is -0.351 e. The summed E-state index contributed by atoms with van der Waals surface area (Å²) in [6.45, 7) is 1.75. The third kappa shape index (κ3) is 5.30. The maximum Gasteiger partial charge on any atom is 0.441 e. The van der Waals surface area contributed by atoms with Crippen LogP contribution in [0, 0.1) is 6.92 Å². The molecule has 0 radical (unpaired) electrons. The highest BCUT2D eigenvalue weighted by Gasteiger charge is 2.27. The van der Waals surface area contributed by atoms with E-state index in [0.717, 1.165) is 10.0 Å². The van der Waals surface area contributed by atoms with Gasteiger partial charge in [-0.1, -0.05) is 22.0 Å². The molecule has 0 heterocycles. The van der Waals surface area contributed by atoms with E-state index < -0.39 is 5.51 Å². The van der Waals surface area contributed by atoms with Gasteiger partial charge < -0.3 is 5.32 Å². The first-order valence-electron chi connectivity index (χ1n) is 5.04. The zero-order chi connectivity index (χ0) is 13.8. The van der Waals surface area contributed by atoms with Gasteiger partial charge >= 0.3 is 5.51 Å². The molecule has 1 aromatic rings. The number of halogens is 4. The van der Waals surface area contributed by atoms with E-state index in [1.54, 1.807) is 25.1 Å². The third-order valence-electron chi connectivity index (χ3n) is 2.10. The highest BCUT2D eigenvalue weighted by Crippen LogP contribution is 2.29. The molecule has 1 aromatic carbocycles. The van der Waals surface area contributed by atoms with Crippen molar-refractivity contribution in [3.63, 3.8) is 0 Å². The summed E-state index contributed by atoms with van der Waals surface area (Å²) >= 11 is 3.09. The number of nitrogens with one attached hydrogen (secondary N) is 1. The molecule has 1 amide bonds. The van der Waals surface area contributed by atoms with Crippen LogP contribution in [0.5, 0.6) is 0 Å². The summed E-state index contributed by atoms with van der Waals surface area (Å²) in [5.74, 6) is -0.556. The van der Waals surface area contributed by atoms with Gasteiger partial charge in [0.1, 0.15) is 0 Å². The first-order chi connectivity index (χ1) is 8.29. The van der Waals surface area contributed by atoms with E-state index in [1.807, 2.05) is 0 Å². The Balaban J connectivity index is 2.48. The lowest BCUT2D eigenvalue weighted by atomic mass is 10.1. The predicted molar refractivity (Wildman–Crippen MR) is 69.7 cm³/mol. The number of aryl methyl sites for hydroxylation is 1. The van der Waals surface area contributed by atoms with Crippen LogP contribution in [0.3, 0.4) is 0 Å². The molecule has 0 saturated heterocycles. The Labute approximate surface area is 115 Å². The summed E-state index contributed by atoms with van der Waals surface area (Å²) < 4.78 is 36.3. The van der Waals surface area contributed by atoms with Gasteiger partial charge in [-0.2, -0.15) is 13.2 Å². The van der Waals surface area contributed by atoms with Crippen molar-refractivity contribution in [2.75, 3.05) is 12.3 Å². The van der Waals surface area contributed by atoms with Gasteiger partial charge in [-0.15, -0.1) is 0 Å². The van der Waals surface area contributed by atoms with Gasteiger partial charge in [-0.05, 0) is 36.4 Å². The maximum atomic E-state index is 11.9. The second-order valence-corrected chi connectivity index (χ2v) is 5.58. The lowest BCUT2D eigenvalue weighted by Gasteiger charge is -2.09. The predicted octanol–water partition coefficient (Wildman–Crippen LogP) is 3.74. The fraction of sp³-hybridized carbons (Fsp3) is 0.364. The van der Waals surface area contributed by atoms with Gasteiger partial charge in [0.05, 0.1) is 0 Å². The van der Waals surface area contributed by atoms with Crippen LogP contribution in [-0.4, -0.2) is 23.7 Å². The standard InChI is InChI=1S/C11H11BrF3NOS/c1-7-2-3-8(12)6-9(7)10(17)16-4-5-18-11(13,14)15/h2-3,6H,4-5H2,1H3,(H,16,17). The topological polar surface area (TPSA) is 29.1 Å². The van der Waals surface area contributed by atoms with Crippen molar-refractivity contribution in [2.24, 2.45) is 0 Å². The molecule has 0 aliphatic heterocycles. The summed E-state index contributed by atoms with van der Waals surface area (Å²) in [4.78, 5) is 11.7. The average molecular weight is 342 g/mol. The molecule has 0 bridgehead atoms.